The maximum absolute atomic E-state index is 13.4. The third-order valence-corrected chi connectivity index (χ3v) is 8.20. The van der Waals surface area contributed by atoms with Crippen LogP contribution in [-0.2, 0) is 11.2 Å². The number of benzene rings is 2. The van der Waals surface area contributed by atoms with Crippen molar-refractivity contribution in [2.24, 2.45) is 0 Å². The predicted molar refractivity (Wildman–Crippen MR) is 167 cm³/mol. The molecule has 9 nitrogen and oxygen atoms in total. The van der Waals surface area contributed by atoms with Crippen LogP contribution in [0, 0.1) is 0 Å². The summed E-state index contributed by atoms with van der Waals surface area (Å²) in [5.74, 6) is 0.525. The zero-order valence-corrected chi connectivity index (χ0v) is 24.6. The number of rotatable bonds is 7. The molecule has 2 amide bonds. The fourth-order valence-corrected chi connectivity index (χ4v) is 5.90. The predicted octanol–water partition coefficient (Wildman–Crippen LogP) is 5.00. The lowest BCUT2D eigenvalue weighted by Gasteiger charge is -2.32. The molecule has 216 valence electrons. The number of hydrogen-bond acceptors (Lipinski definition) is 6. The number of amides is 2. The lowest BCUT2D eigenvalue weighted by Crippen LogP contribution is -2.42. The minimum atomic E-state index is -0.0255. The number of halogens is 1. The molecule has 6 rings (SSSR count). The second-order valence-corrected chi connectivity index (χ2v) is 11.5. The normalized spacial score (nSPS) is 15.6. The average Bonchev–Trinajstić information content (AvgIpc) is 3.62. The van der Waals surface area contributed by atoms with Crippen LogP contribution in [0.25, 0.3) is 22.2 Å². The molecule has 0 unspecified atom stereocenters. The first kappa shape index (κ1) is 27.9. The second-order valence-electron chi connectivity index (χ2n) is 11.1. The van der Waals surface area contributed by atoms with Crippen LogP contribution in [-0.4, -0.2) is 82.9 Å². The summed E-state index contributed by atoms with van der Waals surface area (Å²) in [6.07, 6.45) is 9.37. The molecule has 0 bridgehead atoms. The fourth-order valence-electron chi connectivity index (χ4n) is 5.70. The van der Waals surface area contributed by atoms with Crippen LogP contribution < -0.4 is 10.2 Å². The van der Waals surface area contributed by atoms with E-state index in [2.05, 4.69) is 15.3 Å². The second kappa shape index (κ2) is 12.0. The minimum Gasteiger partial charge on any atom is -0.360 e. The van der Waals surface area contributed by atoms with E-state index in [9.17, 15) is 9.59 Å². The largest absolute Gasteiger partial charge is 0.360 e. The number of nitrogens with zero attached hydrogens (tertiary/aromatic N) is 5. The van der Waals surface area contributed by atoms with E-state index >= 15 is 0 Å². The van der Waals surface area contributed by atoms with Crippen LogP contribution >= 0.6 is 11.6 Å². The maximum atomic E-state index is 13.4. The molecular formula is C32H34ClN7O2. The topological polar surface area (TPSA) is 97.5 Å². The molecule has 4 heterocycles. The van der Waals surface area contributed by atoms with Gasteiger partial charge in [-0.05, 0) is 63.2 Å². The van der Waals surface area contributed by atoms with Gasteiger partial charge >= 0.3 is 0 Å². The van der Waals surface area contributed by atoms with Gasteiger partial charge < -0.3 is 25.0 Å². The number of fused-ring (bicyclic) bond motifs is 2. The number of H-pyrrole nitrogens is 1. The Morgan fingerprint density at radius 2 is 1.95 bits per heavy atom. The Kier molecular flexibility index (Phi) is 7.95. The Bertz CT molecular complexity index is 1660. The van der Waals surface area contributed by atoms with E-state index in [1.165, 1.54) is 0 Å². The van der Waals surface area contributed by atoms with Gasteiger partial charge in [0, 0.05) is 72.2 Å². The van der Waals surface area contributed by atoms with Crippen molar-refractivity contribution in [3.05, 3.63) is 83.2 Å². The Labute approximate surface area is 250 Å². The molecule has 2 aliphatic heterocycles. The Balaban J connectivity index is 1.07. The van der Waals surface area contributed by atoms with Crippen molar-refractivity contribution in [1.29, 1.82) is 0 Å². The molecule has 0 radical (unpaired) electrons. The minimum absolute atomic E-state index is 0.0243. The first-order valence-electron chi connectivity index (χ1n) is 14.3. The average molecular weight is 584 g/mol. The Morgan fingerprint density at radius 3 is 2.76 bits per heavy atom. The lowest BCUT2D eigenvalue weighted by molar-refractivity contribution is -0.114. The van der Waals surface area contributed by atoms with Gasteiger partial charge in [0.25, 0.3) is 11.8 Å². The van der Waals surface area contributed by atoms with Gasteiger partial charge in [0.05, 0.1) is 16.9 Å². The summed E-state index contributed by atoms with van der Waals surface area (Å²) in [5, 5.41) is 5.00. The quantitative estimate of drug-likeness (QED) is 0.297. The number of carbonyl (C=O) groups excluding carboxylic acids is 2. The van der Waals surface area contributed by atoms with Crippen LogP contribution in [0.4, 0.5) is 11.6 Å². The molecule has 1 fully saturated rings. The van der Waals surface area contributed by atoms with Crippen molar-refractivity contribution in [2.75, 3.05) is 50.5 Å². The Hall–Kier alpha value is -4.21. The van der Waals surface area contributed by atoms with Crippen LogP contribution in [0.5, 0.6) is 0 Å². The van der Waals surface area contributed by atoms with Gasteiger partial charge in [0.15, 0.2) is 0 Å². The number of hydrogen-bond donors (Lipinski definition) is 2. The molecule has 1 saturated heterocycles. The zero-order valence-electron chi connectivity index (χ0n) is 23.8. The van der Waals surface area contributed by atoms with Gasteiger partial charge in [-0.3, -0.25) is 9.59 Å². The number of aromatic nitrogens is 3. The first-order chi connectivity index (χ1) is 20.4. The van der Waals surface area contributed by atoms with Crippen molar-refractivity contribution in [1.82, 2.24) is 24.8 Å². The van der Waals surface area contributed by atoms with E-state index in [1.807, 2.05) is 78.6 Å². The highest BCUT2D eigenvalue weighted by Crippen LogP contribution is 2.33. The van der Waals surface area contributed by atoms with E-state index in [0.29, 0.717) is 48.4 Å². The number of anilines is 2. The number of carbonyl (C=O) groups is 2. The highest BCUT2D eigenvalue weighted by Gasteiger charge is 2.28. The summed E-state index contributed by atoms with van der Waals surface area (Å²) in [6.45, 7) is 2.62. The molecule has 0 saturated carbocycles. The molecule has 0 spiro atoms. The van der Waals surface area contributed by atoms with Crippen LogP contribution in [0.2, 0.25) is 5.02 Å². The number of likely N-dealkylation sites (tertiary alicyclic amines) is 1. The highest BCUT2D eigenvalue weighted by atomic mass is 35.5. The number of para-hydroxylation sites is 1. The van der Waals surface area contributed by atoms with Gasteiger partial charge in [0.2, 0.25) is 5.95 Å². The third kappa shape index (κ3) is 5.75. The number of likely N-dealkylation sites (N-methyl/N-ethyl adjacent to an activating group) is 1. The van der Waals surface area contributed by atoms with Gasteiger partial charge in [-0.15, -0.1) is 0 Å². The summed E-state index contributed by atoms with van der Waals surface area (Å²) in [6, 6.07) is 13.9. The SMILES string of the molecule is CN(C)C/C=C/C(=O)N1CCc2cc(C(=O)N3CCC(Nc4ncc(Cl)c(-c5c[nH]c6ccccc56)n4)CC3)ccc21. The standard InChI is InChI=1S/C32H34ClN7O2/c1-38(2)14-5-8-29(41)40-17-11-21-18-22(9-10-28(21)40)31(42)39-15-12-23(13-16-39)36-32-35-20-26(33)30(37-32)25-19-34-27-7-4-3-6-24(25)27/h3-10,18-20,23,34H,11-17H2,1-2H3,(H,35,36,37)/b8-5+. The smallest absolute Gasteiger partial charge is 0.253 e. The summed E-state index contributed by atoms with van der Waals surface area (Å²) in [7, 11) is 3.93. The molecule has 0 aliphatic carbocycles. The molecule has 2 aromatic heterocycles. The number of aromatic amines is 1. The molecule has 42 heavy (non-hydrogen) atoms. The number of nitrogens with one attached hydrogen (secondary N) is 2. The fraction of sp³-hybridized carbons (Fsp3) is 0.312. The lowest BCUT2D eigenvalue weighted by atomic mass is 10.0. The van der Waals surface area contributed by atoms with Crippen molar-refractivity contribution in [3.8, 4) is 11.3 Å². The van der Waals surface area contributed by atoms with Crippen molar-refractivity contribution < 1.29 is 9.59 Å². The van der Waals surface area contributed by atoms with Crippen LogP contribution in [0.15, 0.2) is 67.0 Å². The highest BCUT2D eigenvalue weighted by molar-refractivity contribution is 6.33. The zero-order chi connectivity index (χ0) is 29.2. The maximum Gasteiger partial charge on any atom is 0.253 e. The summed E-state index contributed by atoms with van der Waals surface area (Å²) >= 11 is 6.50. The summed E-state index contributed by atoms with van der Waals surface area (Å²) < 4.78 is 0. The van der Waals surface area contributed by atoms with Crippen molar-refractivity contribution >= 4 is 46.0 Å². The van der Waals surface area contributed by atoms with E-state index in [1.54, 1.807) is 17.2 Å². The van der Waals surface area contributed by atoms with E-state index < -0.39 is 0 Å². The van der Waals surface area contributed by atoms with E-state index in [0.717, 1.165) is 47.0 Å². The van der Waals surface area contributed by atoms with Gasteiger partial charge in [0.1, 0.15) is 0 Å². The van der Waals surface area contributed by atoms with E-state index in [-0.39, 0.29) is 17.9 Å². The van der Waals surface area contributed by atoms with Crippen molar-refractivity contribution in [2.45, 2.75) is 25.3 Å². The molecule has 0 atom stereocenters. The molecule has 2 aromatic carbocycles. The molecule has 2 aliphatic rings. The van der Waals surface area contributed by atoms with Gasteiger partial charge in [-0.2, -0.15) is 0 Å². The monoisotopic (exact) mass is 583 g/mol. The van der Waals surface area contributed by atoms with Gasteiger partial charge in [-0.25, -0.2) is 9.97 Å². The van der Waals surface area contributed by atoms with Crippen molar-refractivity contribution in [3.63, 3.8) is 0 Å². The summed E-state index contributed by atoms with van der Waals surface area (Å²) in [5.41, 5.74) is 5.24. The van der Waals surface area contributed by atoms with E-state index in [4.69, 9.17) is 16.6 Å². The van der Waals surface area contributed by atoms with Crippen LogP contribution in [0.3, 0.4) is 0 Å². The Morgan fingerprint density at radius 1 is 1.14 bits per heavy atom. The molecule has 4 aromatic rings. The summed E-state index contributed by atoms with van der Waals surface area (Å²) in [4.78, 5) is 44.2. The van der Waals surface area contributed by atoms with Gasteiger partial charge in [-0.1, -0.05) is 35.9 Å². The molecule has 2 N–H and O–H groups in total. The molecular weight excluding hydrogens is 550 g/mol. The molecule has 10 heteroatoms. The third-order valence-electron chi connectivity index (χ3n) is 7.92. The first-order valence-corrected chi connectivity index (χ1v) is 14.7. The number of piperidine rings is 1. The van der Waals surface area contributed by atoms with Crippen LogP contribution in [0.1, 0.15) is 28.8 Å².